The van der Waals surface area contributed by atoms with Crippen molar-refractivity contribution >= 4 is 37.7 Å². The van der Waals surface area contributed by atoms with Gasteiger partial charge in [-0.3, -0.25) is 0 Å². The van der Waals surface area contributed by atoms with Crippen molar-refractivity contribution in [1.82, 2.24) is 0 Å². The Morgan fingerprint density at radius 3 is 2.78 bits per heavy atom. The summed E-state index contributed by atoms with van der Waals surface area (Å²) in [5.41, 5.74) is 0.464. The van der Waals surface area contributed by atoms with Gasteiger partial charge in [0.1, 0.15) is 0 Å². The van der Waals surface area contributed by atoms with Gasteiger partial charge in [0, 0.05) is 0 Å². The summed E-state index contributed by atoms with van der Waals surface area (Å²) in [5.74, 6) is 0.204. The van der Waals surface area contributed by atoms with E-state index in [1.807, 2.05) is 19.9 Å². The third kappa shape index (κ3) is 5.53. The molecule has 0 bridgehead atoms. The van der Waals surface area contributed by atoms with Crippen LogP contribution in [0.2, 0.25) is 0 Å². The molecule has 0 saturated carbocycles. The summed E-state index contributed by atoms with van der Waals surface area (Å²) in [4.78, 5) is 11.8. The Kier molecular flexibility index (Phi) is 7.60. The molecule has 1 rings (SSSR count). The third-order valence-electron chi connectivity index (χ3n) is 1.76. The van der Waals surface area contributed by atoms with E-state index in [4.69, 9.17) is 13.0 Å². The van der Waals surface area contributed by atoms with Crippen molar-refractivity contribution in [2.45, 2.75) is 20.0 Å². The van der Waals surface area contributed by atoms with Crippen LogP contribution in [0.15, 0.2) is 24.3 Å². The fourth-order valence-electron chi connectivity index (χ4n) is 1.11. The Hall–Kier alpha value is -0.342. The van der Waals surface area contributed by atoms with Crippen LogP contribution in [0.3, 0.4) is 0 Å². The predicted molar refractivity (Wildman–Crippen MR) is 77.5 cm³/mol. The first-order valence-corrected chi connectivity index (χ1v) is 11.4. The Bertz CT molecular complexity index is 425. The average molecular weight is 350 g/mol. The monoisotopic (exact) mass is 350 g/mol. The third-order valence-corrected chi connectivity index (χ3v) is 7.35. The number of hydrogen-bond donors (Lipinski definition) is 1. The zero-order valence-corrected chi connectivity index (χ0v) is 14.3. The van der Waals surface area contributed by atoms with E-state index in [0.29, 0.717) is 11.3 Å². The number of thiol groups is 1. The molecule has 0 radical (unpaired) electrons. The van der Waals surface area contributed by atoms with Gasteiger partial charge in [-0.05, 0) is 0 Å². The molecule has 1 aromatic rings. The number of esters is 1. The molecule has 0 saturated heterocycles. The number of carbonyl (C=O) groups excluding carboxylic acids is 1. The van der Waals surface area contributed by atoms with E-state index in [2.05, 4.69) is 0 Å². The maximum absolute atomic E-state index is 11.8. The first kappa shape index (κ1) is 15.7. The molecule has 100 valence electrons. The standard InChI is InChI=1S/C11H16AsO4PS/c1-8(2)15-11(13)9-6-4-5-7-10(9)16-17-18-12-14-3/h4-8,12,18H,1-3H3. The van der Waals surface area contributed by atoms with E-state index < -0.39 is 14.9 Å². The Morgan fingerprint density at radius 2 is 2.11 bits per heavy atom. The molecule has 0 aromatic heterocycles. The van der Waals surface area contributed by atoms with E-state index in [-0.39, 0.29) is 12.1 Å². The summed E-state index contributed by atoms with van der Waals surface area (Å²) in [6.45, 7) is 3.64. The summed E-state index contributed by atoms with van der Waals surface area (Å²) >= 11 is -0.413. The summed E-state index contributed by atoms with van der Waals surface area (Å²) in [6, 6.07) is 7.10. The molecule has 7 heteroatoms. The van der Waals surface area contributed by atoms with Gasteiger partial charge in [-0.25, -0.2) is 0 Å². The summed E-state index contributed by atoms with van der Waals surface area (Å²) in [7, 11) is 3.59. The second-order valence-electron chi connectivity index (χ2n) is 3.52. The van der Waals surface area contributed by atoms with Crippen molar-refractivity contribution in [2.75, 3.05) is 7.11 Å². The molecule has 18 heavy (non-hydrogen) atoms. The van der Waals surface area contributed by atoms with Gasteiger partial charge in [-0.15, -0.1) is 0 Å². The van der Waals surface area contributed by atoms with E-state index in [9.17, 15) is 4.79 Å². The van der Waals surface area contributed by atoms with E-state index in [0.717, 1.165) is 16.8 Å². The van der Waals surface area contributed by atoms with Crippen molar-refractivity contribution in [3.8, 4) is 5.75 Å². The van der Waals surface area contributed by atoms with Gasteiger partial charge in [0.25, 0.3) is 0 Å². The maximum atomic E-state index is 11.8. The van der Waals surface area contributed by atoms with Crippen LogP contribution >= 0.6 is 7.58 Å². The quantitative estimate of drug-likeness (QED) is 0.370. The number of carbonyl (C=O) groups is 1. The van der Waals surface area contributed by atoms with Crippen molar-refractivity contribution in [1.29, 1.82) is 0 Å². The molecular weight excluding hydrogens is 334 g/mol. The predicted octanol–water partition coefficient (Wildman–Crippen LogP) is 2.13. The van der Waals surface area contributed by atoms with Gasteiger partial charge in [-0.1, -0.05) is 0 Å². The molecule has 0 aliphatic carbocycles. The summed E-state index contributed by atoms with van der Waals surface area (Å²) < 4.78 is 15.8. The Morgan fingerprint density at radius 1 is 1.39 bits per heavy atom. The van der Waals surface area contributed by atoms with Crippen molar-refractivity contribution in [3.63, 3.8) is 0 Å². The van der Waals surface area contributed by atoms with Crippen molar-refractivity contribution in [3.05, 3.63) is 29.8 Å². The van der Waals surface area contributed by atoms with Gasteiger partial charge in [0.2, 0.25) is 0 Å². The zero-order chi connectivity index (χ0) is 13.4. The average Bonchev–Trinajstić information content (AvgIpc) is 2.34. The molecule has 4 nitrogen and oxygen atoms in total. The topological polar surface area (TPSA) is 44.8 Å². The first-order valence-electron chi connectivity index (χ1n) is 5.30. The van der Waals surface area contributed by atoms with E-state index >= 15 is 0 Å². The van der Waals surface area contributed by atoms with Gasteiger partial charge in [-0.2, -0.15) is 0 Å². The van der Waals surface area contributed by atoms with E-state index in [1.54, 1.807) is 25.3 Å². The molecule has 0 N–H and O–H groups in total. The number of ether oxygens (including phenoxy) is 1. The van der Waals surface area contributed by atoms with Gasteiger partial charge in [0.05, 0.1) is 0 Å². The number of rotatable bonds is 6. The molecular formula is C11H16AsO4PS. The zero-order valence-electron chi connectivity index (χ0n) is 10.4. The molecule has 0 fully saturated rings. The first-order chi connectivity index (χ1) is 8.65. The number of hydrogen-bond acceptors (Lipinski definition) is 4. The van der Waals surface area contributed by atoms with Crippen LogP contribution in [0.1, 0.15) is 24.2 Å². The number of para-hydroxylation sites is 1. The van der Waals surface area contributed by atoms with Crippen molar-refractivity contribution < 1.29 is 17.8 Å². The minimum absolute atomic E-state index is 0.138. The van der Waals surface area contributed by atoms with Crippen LogP contribution in [0.5, 0.6) is 5.75 Å². The van der Waals surface area contributed by atoms with E-state index in [1.165, 1.54) is 0 Å². The molecule has 1 atom stereocenters. The molecule has 1 unspecified atom stereocenters. The van der Waals surface area contributed by atoms with Gasteiger partial charge < -0.3 is 0 Å². The molecule has 1 aromatic carbocycles. The molecule has 0 aliphatic rings. The normalized spacial score (nSPS) is 12.0. The van der Waals surface area contributed by atoms with Crippen LogP contribution in [0, 0.1) is 0 Å². The molecule has 0 aliphatic heterocycles. The summed E-state index contributed by atoms with van der Waals surface area (Å²) in [5, 5.41) is 0. The molecule has 0 spiro atoms. The van der Waals surface area contributed by atoms with Gasteiger partial charge in [0.15, 0.2) is 0 Å². The van der Waals surface area contributed by atoms with Crippen LogP contribution in [0.25, 0.3) is 0 Å². The fraction of sp³-hybridized carbons (Fsp3) is 0.364. The summed E-state index contributed by atoms with van der Waals surface area (Å²) in [6.07, 6.45) is -0.138. The van der Waals surface area contributed by atoms with Crippen LogP contribution < -0.4 is 4.52 Å². The fourth-order valence-corrected chi connectivity index (χ4v) is 5.19. The Labute approximate surface area is 118 Å². The van der Waals surface area contributed by atoms with Crippen molar-refractivity contribution in [2.24, 2.45) is 0 Å². The second-order valence-corrected chi connectivity index (χ2v) is 11.1. The van der Waals surface area contributed by atoms with Gasteiger partial charge >= 0.3 is 118 Å². The SMILES string of the molecule is CO[AsH][SH]=POc1ccccc1C(=O)OC(C)C. The minimum atomic E-state index is -0.413. The Balaban J connectivity index is 2.76. The van der Waals surface area contributed by atoms with Crippen LogP contribution in [0.4, 0.5) is 0 Å². The second kappa shape index (κ2) is 8.71. The number of benzene rings is 1. The molecule has 0 amide bonds. The molecule has 0 heterocycles. The van der Waals surface area contributed by atoms with Crippen LogP contribution in [-0.2, 0) is 17.7 Å². The van der Waals surface area contributed by atoms with Crippen LogP contribution in [-0.4, -0.2) is 34.1 Å².